The summed E-state index contributed by atoms with van der Waals surface area (Å²) in [5.41, 5.74) is -0.0285. The zero-order valence-corrected chi connectivity index (χ0v) is 14.0. The van der Waals surface area contributed by atoms with Gasteiger partial charge in [-0.3, -0.25) is 4.79 Å². The third-order valence-electron chi connectivity index (χ3n) is 8.42. The second-order valence-corrected chi connectivity index (χ2v) is 9.41. The summed E-state index contributed by atoms with van der Waals surface area (Å²) in [5, 5.41) is 20.5. The van der Waals surface area contributed by atoms with Crippen LogP contribution in [0.3, 0.4) is 0 Å². The quantitative estimate of drug-likeness (QED) is 0.773. The van der Waals surface area contributed by atoms with E-state index in [2.05, 4.69) is 6.92 Å². The van der Waals surface area contributed by atoms with Crippen molar-refractivity contribution in [3.63, 3.8) is 0 Å². The van der Waals surface area contributed by atoms with Crippen molar-refractivity contribution in [2.45, 2.75) is 77.2 Å². The lowest BCUT2D eigenvalue weighted by atomic mass is 9.43. The number of aliphatic hydroxyl groups is 1. The first-order chi connectivity index (χ1) is 10.3. The molecule has 2 bridgehead atoms. The van der Waals surface area contributed by atoms with E-state index in [0.717, 1.165) is 44.9 Å². The van der Waals surface area contributed by atoms with E-state index in [1.54, 1.807) is 0 Å². The Hall–Kier alpha value is -0.570. The molecule has 4 aliphatic carbocycles. The first-order valence-electron chi connectivity index (χ1n) is 9.24. The summed E-state index contributed by atoms with van der Waals surface area (Å²) < 4.78 is 0. The Kier molecular flexibility index (Phi) is 3.06. The number of fused-ring (bicyclic) bond motifs is 3. The van der Waals surface area contributed by atoms with Gasteiger partial charge in [-0.2, -0.15) is 0 Å². The van der Waals surface area contributed by atoms with E-state index in [0.29, 0.717) is 17.8 Å². The second kappa shape index (κ2) is 4.49. The van der Waals surface area contributed by atoms with Gasteiger partial charge < -0.3 is 10.2 Å². The summed E-state index contributed by atoms with van der Waals surface area (Å²) in [6.45, 7) is 4.47. The highest BCUT2D eigenvalue weighted by atomic mass is 16.4. The number of hydrogen-bond acceptors (Lipinski definition) is 2. The predicted octanol–water partition coefficient (Wildman–Crippen LogP) is 3.84. The summed E-state index contributed by atoms with van der Waals surface area (Å²) in [5.74, 6) is 0.786. The molecule has 1 spiro atoms. The fourth-order valence-corrected chi connectivity index (χ4v) is 7.70. The molecular weight excluding hydrogens is 276 g/mol. The molecule has 4 rings (SSSR count). The van der Waals surface area contributed by atoms with Crippen molar-refractivity contribution >= 4 is 5.97 Å². The minimum atomic E-state index is -0.564. The molecule has 4 saturated carbocycles. The van der Waals surface area contributed by atoms with Gasteiger partial charge in [-0.05, 0) is 86.9 Å². The Labute approximate surface area is 133 Å². The van der Waals surface area contributed by atoms with Gasteiger partial charge in [-0.15, -0.1) is 0 Å². The molecule has 0 saturated heterocycles. The smallest absolute Gasteiger partial charge is 0.306 e. The third-order valence-corrected chi connectivity index (χ3v) is 8.42. The van der Waals surface area contributed by atoms with Crippen molar-refractivity contribution in [1.82, 2.24) is 0 Å². The van der Waals surface area contributed by atoms with Gasteiger partial charge in [0.05, 0.1) is 11.5 Å². The van der Waals surface area contributed by atoms with Crippen LogP contribution in [0.5, 0.6) is 0 Å². The monoisotopic (exact) mass is 306 g/mol. The van der Waals surface area contributed by atoms with Crippen LogP contribution in [0.15, 0.2) is 0 Å². The summed E-state index contributed by atoms with van der Waals surface area (Å²) in [6.07, 6.45) is 9.86. The average molecular weight is 306 g/mol. The highest BCUT2D eigenvalue weighted by Crippen LogP contribution is 2.71. The standard InChI is InChI=1S/C19H30O3/c1-17-7-3-8-18(2,22)14(17)6-9-19-10-12(4-5-15(17)19)13(11-19)16(20)21/h12-15,22H,3-11H2,1-2H3,(H,20,21)/t12-,13+,14+,15+,17-,18-,19+/m0/s1. The van der Waals surface area contributed by atoms with Gasteiger partial charge in [-0.1, -0.05) is 13.3 Å². The number of hydrogen-bond donors (Lipinski definition) is 2. The highest BCUT2D eigenvalue weighted by molar-refractivity contribution is 5.71. The van der Waals surface area contributed by atoms with Crippen molar-refractivity contribution in [3.8, 4) is 0 Å². The molecule has 0 aromatic carbocycles. The third kappa shape index (κ3) is 1.81. The summed E-state index contributed by atoms with van der Waals surface area (Å²) >= 11 is 0. The SMILES string of the molecule is C[C@]12CCC[C@](C)(O)[C@@H]1CC[C@]13C[C@H](CC[C@@H]12)[C@H](C(=O)O)C3. The second-order valence-electron chi connectivity index (χ2n) is 9.41. The number of carboxylic acid groups (broad SMARTS) is 1. The van der Waals surface area contributed by atoms with Crippen LogP contribution in [-0.4, -0.2) is 21.8 Å². The van der Waals surface area contributed by atoms with Crippen LogP contribution in [0.4, 0.5) is 0 Å². The maximum absolute atomic E-state index is 11.6. The summed E-state index contributed by atoms with van der Waals surface area (Å²) in [6, 6.07) is 0. The van der Waals surface area contributed by atoms with Crippen LogP contribution in [0.2, 0.25) is 0 Å². The van der Waals surface area contributed by atoms with Gasteiger partial charge in [0.2, 0.25) is 0 Å². The zero-order chi connectivity index (χ0) is 15.8. The molecule has 4 fully saturated rings. The van der Waals surface area contributed by atoms with Crippen molar-refractivity contribution in [2.75, 3.05) is 0 Å². The van der Waals surface area contributed by atoms with Crippen LogP contribution in [0, 0.1) is 34.5 Å². The number of carboxylic acids is 1. The van der Waals surface area contributed by atoms with Gasteiger partial charge in [0.25, 0.3) is 0 Å². The Balaban J connectivity index is 1.70. The van der Waals surface area contributed by atoms with E-state index < -0.39 is 11.6 Å². The van der Waals surface area contributed by atoms with Crippen LogP contribution in [0.25, 0.3) is 0 Å². The Morgan fingerprint density at radius 1 is 1.00 bits per heavy atom. The molecule has 7 atom stereocenters. The maximum atomic E-state index is 11.6. The van der Waals surface area contributed by atoms with Crippen LogP contribution in [-0.2, 0) is 4.79 Å². The van der Waals surface area contributed by atoms with Crippen LogP contribution >= 0.6 is 0 Å². The summed E-state index contributed by atoms with van der Waals surface area (Å²) in [4.78, 5) is 11.6. The molecule has 0 unspecified atom stereocenters. The van der Waals surface area contributed by atoms with Crippen molar-refractivity contribution in [1.29, 1.82) is 0 Å². The fourth-order valence-electron chi connectivity index (χ4n) is 7.70. The van der Waals surface area contributed by atoms with E-state index in [1.807, 2.05) is 6.92 Å². The number of carbonyl (C=O) groups is 1. The van der Waals surface area contributed by atoms with Gasteiger partial charge in [0, 0.05) is 0 Å². The first kappa shape index (κ1) is 15.0. The molecule has 0 radical (unpaired) electrons. The molecule has 3 nitrogen and oxygen atoms in total. The lowest BCUT2D eigenvalue weighted by Crippen LogP contribution is -2.58. The largest absolute Gasteiger partial charge is 0.481 e. The Morgan fingerprint density at radius 2 is 1.77 bits per heavy atom. The topological polar surface area (TPSA) is 57.5 Å². The van der Waals surface area contributed by atoms with E-state index in [-0.39, 0.29) is 16.7 Å². The number of rotatable bonds is 1. The molecule has 3 heteroatoms. The van der Waals surface area contributed by atoms with E-state index in [1.165, 1.54) is 12.8 Å². The highest BCUT2D eigenvalue weighted by Gasteiger charge is 2.65. The minimum absolute atomic E-state index is 0.103. The minimum Gasteiger partial charge on any atom is -0.481 e. The molecule has 4 aliphatic rings. The fraction of sp³-hybridized carbons (Fsp3) is 0.947. The molecule has 0 amide bonds. The van der Waals surface area contributed by atoms with Crippen LogP contribution < -0.4 is 0 Å². The molecule has 0 aliphatic heterocycles. The van der Waals surface area contributed by atoms with E-state index >= 15 is 0 Å². The number of aliphatic carboxylic acids is 1. The summed E-state index contributed by atoms with van der Waals surface area (Å²) in [7, 11) is 0. The van der Waals surface area contributed by atoms with Crippen molar-refractivity contribution in [2.24, 2.45) is 34.5 Å². The molecular formula is C19H30O3. The lowest BCUT2D eigenvalue weighted by Gasteiger charge is -2.63. The average Bonchev–Trinajstić information content (AvgIpc) is 2.69. The van der Waals surface area contributed by atoms with Crippen LogP contribution in [0.1, 0.15) is 71.6 Å². The Bertz CT molecular complexity index is 499. The zero-order valence-electron chi connectivity index (χ0n) is 14.0. The normalized spacial score (nSPS) is 57.0. The van der Waals surface area contributed by atoms with E-state index in [4.69, 9.17) is 0 Å². The van der Waals surface area contributed by atoms with E-state index in [9.17, 15) is 15.0 Å². The molecule has 0 heterocycles. The molecule has 0 aromatic rings. The molecule has 0 aromatic heterocycles. The molecule has 2 N–H and O–H groups in total. The Morgan fingerprint density at radius 3 is 2.50 bits per heavy atom. The van der Waals surface area contributed by atoms with Gasteiger partial charge in [0.1, 0.15) is 0 Å². The molecule has 124 valence electrons. The van der Waals surface area contributed by atoms with Gasteiger partial charge >= 0.3 is 5.97 Å². The lowest BCUT2D eigenvalue weighted by molar-refractivity contribution is -0.180. The first-order valence-corrected chi connectivity index (χ1v) is 9.24. The molecule has 22 heavy (non-hydrogen) atoms. The van der Waals surface area contributed by atoms with Crippen molar-refractivity contribution < 1.29 is 15.0 Å². The predicted molar refractivity (Wildman–Crippen MR) is 84.3 cm³/mol. The van der Waals surface area contributed by atoms with Crippen molar-refractivity contribution in [3.05, 3.63) is 0 Å². The van der Waals surface area contributed by atoms with Gasteiger partial charge in [-0.25, -0.2) is 0 Å². The van der Waals surface area contributed by atoms with Gasteiger partial charge in [0.15, 0.2) is 0 Å². The maximum Gasteiger partial charge on any atom is 0.306 e.